The highest BCUT2D eigenvalue weighted by Gasteiger charge is 2.25. The Balaban J connectivity index is 1.80. The fourth-order valence-corrected chi connectivity index (χ4v) is 3.90. The summed E-state index contributed by atoms with van der Waals surface area (Å²) in [7, 11) is 2.18. The number of rotatable bonds is 2. The third kappa shape index (κ3) is 2.27. The maximum Gasteiger partial charge on any atom is 0.123 e. The summed E-state index contributed by atoms with van der Waals surface area (Å²) in [5, 5.41) is 2.47. The zero-order chi connectivity index (χ0) is 15.1. The van der Waals surface area contributed by atoms with Crippen molar-refractivity contribution in [2.24, 2.45) is 0 Å². The number of nitrogens with one attached hydrogen (secondary N) is 1. The molecule has 4 heteroatoms. The van der Waals surface area contributed by atoms with Crippen molar-refractivity contribution in [2.75, 3.05) is 13.6 Å². The number of H-pyrrole nitrogens is 1. The molecule has 1 N–H and O–H groups in total. The Kier molecular flexibility index (Phi) is 3.51. The van der Waals surface area contributed by atoms with E-state index in [4.69, 9.17) is 0 Å². The predicted octanol–water partition coefficient (Wildman–Crippen LogP) is 4.76. The Morgan fingerprint density at radius 2 is 2.00 bits per heavy atom. The number of hydrogen-bond donors (Lipinski definition) is 1. The number of aromatic amines is 1. The third-order valence-corrected chi connectivity index (χ3v) is 5.28. The van der Waals surface area contributed by atoms with E-state index in [2.05, 4.69) is 74.2 Å². The molecular weight excluding hydrogens is 338 g/mol. The Morgan fingerprint density at radius 1 is 1.18 bits per heavy atom. The van der Waals surface area contributed by atoms with Crippen molar-refractivity contribution >= 4 is 26.7 Å². The first-order valence-corrected chi connectivity index (χ1v) is 8.46. The fraction of sp³-hybridized carbons (Fsp3) is 0.278. The molecule has 0 radical (unpaired) electrons. The SMILES string of the molecule is CN1CCCC1c1ncc(-c2cccc3c(Br)cccc23)[nH]1. The van der Waals surface area contributed by atoms with Crippen molar-refractivity contribution in [3.8, 4) is 11.3 Å². The Morgan fingerprint density at radius 3 is 2.82 bits per heavy atom. The van der Waals surface area contributed by atoms with Crippen LogP contribution in [0.2, 0.25) is 0 Å². The van der Waals surface area contributed by atoms with Gasteiger partial charge in [-0.25, -0.2) is 4.98 Å². The average Bonchev–Trinajstić information content (AvgIpc) is 3.16. The highest BCUT2D eigenvalue weighted by atomic mass is 79.9. The molecule has 3 aromatic rings. The molecule has 0 aliphatic carbocycles. The Hall–Kier alpha value is -1.65. The largest absolute Gasteiger partial charge is 0.341 e. The molecule has 1 aromatic heterocycles. The highest BCUT2D eigenvalue weighted by molar-refractivity contribution is 9.10. The number of likely N-dealkylation sites (tertiary alicyclic amines) is 1. The minimum absolute atomic E-state index is 0.426. The molecule has 1 aliphatic rings. The van der Waals surface area contributed by atoms with Gasteiger partial charge in [0.15, 0.2) is 0 Å². The molecule has 0 bridgehead atoms. The van der Waals surface area contributed by atoms with Gasteiger partial charge in [0.2, 0.25) is 0 Å². The van der Waals surface area contributed by atoms with E-state index in [1.807, 2.05) is 6.20 Å². The lowest BCUT2D eigenvalue weighted by atomic mass is 10.0. The first-order valence-electron chi connectivity index (χ1n) is 7.67. The first kappa shape index (κ1) is 14.0. The molecule has 112 valence electrons. The number of halogens is 1. The summed E-state index contributed by atoms with van der Waals surface area (Å²) in [6.07, 6.45) is 4.40. The minimum Gasteiger partial charge on any atom is -0.341 e. The lowest BCUT2D eigenvalue weighted by Crippen LogP contribution is -2.18. The van der Waals surface area contributed by atoms with Crippen LogP contribution < -0.4 is 0 Å². The standard InChI is InChI=1S/C18H18BrN3/c1-22-10-4-9-17(22)18-20-11-16(21-18)14-7-2-6-13-12(14)5-3-8-15(13)19/h2-3,5-8,11,17H,4,9-10H2,1H3,(H,20,21). The molecule has 0 amide bonds. The van der Waals surface area contributed by atoms with Crippen LogP contribution in [0.15, 0.2) is 47.1 Å². The van der Waals surface area contributed by atoms with Gasteiger partial charge in [-0.2, -0.15) is 0 Å². The van der Waals surface area contributed by atoms with Crippen LogP contribution in [0, 0.1) is 0 Å². The van der Waals surface area contributed by atoms with Crippen LogP contribution >= 0.6 is 15.9 Å². The van der Waals surface area contributed by atoms with Gasteiger partial charge in [0, 0.05) is 10.0 Å². The average molecular weight is 356 g/mol. The van der Waals surface area contributed by atoms with Crippen LogP contribution in [0.4, 0.5) is 0 Å². The van der Waals surface area contributed by atoms with Crippen LogP contribution in [0.1, 0.15) is 24.7 Å². The van der Waals surface area contributed by atoms with Crippen molar-refractivity contribution < 1.29 is 0 Å². The molecule has 2 heterocycles. The zero-order valence-electron chi connectivity index (χ0n) is 12.5. The fourth-order valence-electron chi connectivity index (χ4n) is 3.41. The number of benzene rings is 2. The van der Waals surface area contributed by atoms with E-state index in [9.17, 15) is 0 Å². The lowest BCUT2D eigenvalue weighted by molar-refractivity contribution is 0.307. The van der Waals surface area contributed by atoms with Crippen LogP contribution in [0.25, 0.3) is 22.0 Å². The van der Waals surface area contributed by atoms with Crippen molar-refractivity contribution in [3.63, 3.8) is 0 Å². The van der Waals surface area contributed by atoms with E-state index in [-0.39, 0.29) is 0 Å². The molecule has 1 saturated heterocycles. The quantitative estimate of drug-likeness (QED) is 0.718. The molecule has 1 unspecified atom stereocenters. The van der Waals surface area contributed by atoms with Crippen molar-refractivity contribution in [3.05, 3.63) is 52.9 Å². The number of nitrogens with zero attached hydrogens (tertiary/aromatic N) is 2. The van der Waals surface area contributed by atoms with Gasteiger partial charge in [0.1, 0.15) is 5.82 Å². The van der Waals surface area contributed by atoms with Gasteiger partial charge in [-0.1, -0.05) is 46.3 Å². The summed E-state index contributed by atoms with van der Waals surface area (Å²) in [6, 6.07) is 13.2. The molecule has 1 fully saturated rings. The molecular formula is C18H18BrN3. The monoisotopic (exact) mass is 355 g/mol. The number of fused-ring (bicyclic) bond motifs is 1. The first-order chi connectivity index (χ1) is 10.7. The topological polar surface area (TPSA) is 31.9 Å². The van der Waals surface area contributed by atoms with Gasteiger partial charge in [-0.15, -0.1) is 0 Å². The molecule has 2 aromatic carbocycles. The second-order valence-corrected chi connectivity index (χ2v) is 6.82. The third-order valence-electron chi connectivity index (χ3n) is 4.59. The van der Waals surface area contributed by atoms with Crippen molar-refractivity contribution in [2.45, 2.75) is 18.9 Å². The predicted molar refractivity (Wildman–Crippen MR) is 93.8 cm³/mol. The van der Waals surface area contributed by atoms with Gasteiger partial charge >= 0.3 is 0 Å². The van der Waals surface area contributed by atoms with E-state index in [0.717, 1.165) is 22.5 Å². The van der Waals surface area contributed by atoms with Crippen LogP contribution in [0.3, 0.4) is 0 Å². The zero-order valence-corrected chi connectivity index (χ0v) is 14.1. The minimum atomic E-state index is 0.426. The molecule has 3 nitrogen and oxygen atoms in total. The van der Waals surface area contributed by atoms with Gasteiger partial charge in [-0.3, -0.25) is 4.90 Å². The van der Waals surface area contributed by atoms with Gasteiger partial charge < -0.3 is 4.98 Å². The summed E-state index contributed by atoms with van der Waals surface area (Å²) in [5.41, 5.74) is 2.30. The van der Waals surface area contributed by atoms with Gasteiger partial charge in [0.05, 0.1) is 17.9 Å². The summed E-state index contributed by atoms with van der Waals surface area (Å²) >= 11 is 3.64. The molecule has 0 saturated carbocycles. The van der Waals surface area contributed by atoms with E-state index >= 15 is 0 Å². The maximum absolute atomic E-state index is 4.65. The second-order valence-electron chi connectivity index (χ2n) is 5.96. The van der Waals surface area contributed by atoms with Gasteiger partial charge in [-0.05, 0) is 43.3 Å². The number of imidazole rings is 1. The maximum atomic E-state index is 4.65. The van der Waals surface area contributed by atoms with Crippen molar-refractivity contribution in [1.29, 1.82) is 0 Å². The lowest BCUT2D eigenvalue weighted by Gasteiger charge is -2.16. The summed E-state index contributed by atoms with van der Waals surface area (Å²) < 4.78 is 1.13. The van der Waals surface area contributed by atoms with Crippen molar-refractivity contribution in [1.82, 2.24) is 14.9 Å². The van der Waals surface area contributed by atoms with Crippen LogP contribution in [0.5, 0.6) is 0 Å². The van der Waals surface area contributed by atoms with E-state index in [1.165, 1.54) is 29.2 Å². The molecule has 4 rings (SSSR count). The van der Waals surface area contributed by atoms with Gasteiger partial charge in [0.25, 0.3) is 0 Å². The van der Waals surface area contributed by atoms with E-state index in [1.54, 1.807) is 0 Å². The molecule has 1 aliphatic heterocycles. The van der Waals surface area contributed by atoms with E-state index < -0.39 is 0 Å². The Bertz CT molecular complexity index is 824. The molecule has 22 heavy (non-hydrogen) atoms. The normalized spacial score (nSPS) is 19.1. The van der Waals surface area contributed by atoms with E-state index in [0.29, 0.717) is 6.04 Å². The molecule has 0 spiro atoms. The number of hydrogen-bond acceptors (Lipinski definition) is 2. The second kappa shape index (κ2) is 5.52. The summed E-state index contributed by atoms with van der Waals surface area (Å²) in [6.45, 7) is 1.15. The number of aromatic nitrogens is 2. The smallest absolute Gasteiger partial charge is 0.123 e. The molecule has 1 atom stereocenters. The highest BCUT2D eigenvalue weighted by Crippen LogP contribution is 2.34. The van der Waals surface area contributed by atoms with Crippen LogP contribution in [-0.4, -0.2) is 28.5 Å². The summed E-state index contributed by atoms with van der Waals surface area (Å²) in [4.78, 5) is 10.6. The summed E-state index contributed by atoms with van der Waals surface area (Å²) in [5.74, 6) is 1.09. The Labute approximate surface area is 138 Å². The van der Waals surface area contributed by atoms with Crippen LogP contribution in [-0.2, 0) is 0 Å².